The van der Waals surface area contributed by atoms with Gasteiger partial charge in [-0.1, -0.05) is 35.9 Å². The molecule has 2 aromatic rings. The summed E-state index contributed by atoms with van der Waals surface area (Å²) in [5, 5.41) is 0. The van der Waals surface area contributed by atoms with Crippen molar-refractivity contribution in [2.75, 3.05) is 44.2 Å². The lowest BCUT2D eigenvalue weighted by molar-refractivity contribution is 0.190. The van der Waals surface area contributed by atoms with Gasteiger partial charge in [-0.2, -0.15) is 4.31 Å². The fraction of sp³-hybridized carbons (Fsp3) is 0.478. The van der Waals surface area contributed by atoms with Gasteiger partial charge in [0.05, 0.1) is 21.2 Å². The number of fused-ring (bicyclic) bond motifs is 2. The number of hydrogen-bond donors (Lipinski definition) is 0. The quantitative estimate of drug-likeness (QED) is 0.443. The number of aryl methyl sites for hydroxylation is 1. The van der Waals surface area contributed by atoms with Crippen molar-refractivity contribution in [3.63, 3.8) is 0 Å². The molecule has 0 radical (unpaired) electrons. The van der Waals surface area contributed by atoms with E-state index >= 15 is 0 Å². The zero-order valence-corrected chi connectivity index (χ0v) is 20.3. The van der Waals surface area contributed by atoms with Gasteiger partial charge in [0, 0.05) is 43.8 Å². The highest BCUT2D eigenvalue weighted by Crippen LogP contribution is 2.47. The highest BCUT2D eigenvalue weighted by molar-refractivity contribution is 14.2. The SMILES string of the molecule is Cc1ccc(C23CCN(CC2)Cc2cc(N4CCN(S(=O)(=O)I)CC4)ccc23)cc1. The fourth-order valence-electron chi connectivity index (χ4n) is 5.46. The van der Waals surface area contributed by atoms with Gasteiger partial charge in [-0.3, -0.25) is 4.90 Å². The van der Waals surface area contributed by atoms with E-state index < -0.39 is 7.19 Å². The molecule has 5 nitrogen and oxygen atoms in total. The second kappa shape index (κ2) is 7.76. The van der Waals surface area contributed by atoms with Gasteiger partial charge < -0.3 is 4.90 Å². The summed E-state index contributed by atoms with van der Waals surface area (Å²) in [5.41, 5.74) is 7.02. The van der Waals surface area contributed by atoms with Crippen LogP contribution in [0.5, 0.6) is 0 Å². The molecular formula is C23H28IN3O2S. The Balaban J connectivity index is 1.48. The number of halogens is 1. The Bertz CT molecular complexity index is 1040. The number of hydrogen-bond acceptors (Lipinski definition) is 4. The van der Waals surface area contributed by atoms with E-state index in [9.17, 15) is 8.42 Å². The molecule has 0 unspecified atom stereocenters. The Kier molecular flexibility index (Phi) is 5.36. The summed E-state index contributed by atoms with van der Waals surface area (Å²) < 4.78 is 25.2. The van der Waals surface area contributed by atoms with E-state index in [0.717, 1.165) is 32.7 Å². The average Bonchev–Trinajstić information content (AvgIpc) is 3.00. The number of benzene rings is 2. The molecule has 2 aromatic carbocycles. The Hall–Kier alpha value is -1.16. The topological polar surface area (TPSA) is 43.9 Å². The van der Waals surface area contributed by atoms with Crippen LogP contribution in [-0.2, 0) is 19.2 Å². The predicted molar refractivity (Wildman–Crippen MR) is 130 cm³/mol. The summed E-state index contributed by atoms with van der Waals surface area (Å²) in [7, 11) is -3.13. The lowest BCUT2D eigenvalue weighted by Crippen LogP contribution is -2.47. The molecule has 4 aliphatic rings. The van der Waals surface area contributed by atoms with Crippen LogP contribution in [0, 0.1) is 6.92 Å². The third kappa shape index (κ3) is 3.67. The normalized spacial score (nSPS) is 27.0. The maximum Gasteiger partial charge on any atom is 0.267 e. The maximum atomic E-state index is 11.8. The molecule has 2 fully saturated rings. The van der Waals surface area contributed by atoms with E-state index in [4.69, 9.17) is 0 Å². The van der Waals surface area contributed by atoms with Gasteiger partial charge in [0.15, 0.2) is 0 Å². The zero-order chi connectivity index (χ0) is 20.9. The summed E-state index contributed by atoms with van der Waals surface area (Å²) in [5.74, 6) is 0. The third-order valence-corrected chi connectivity index (χ3v) is 9.88. The van der Waals surface area contributed by atoms with Crippen LogP contribution in [0.1, 0.15) is 35.1 Å². The van der Waals surface area contributed by atoms with Gasteiger partial charge in [-0.15, -0.1) is 0 Å². The van der Waals surface area contributed by atoms with Crippen molar-refractivity contribution in [2.24, 2.45) is 0 Å². The zero-order valence-electron chi connectivity index (χ0n) is 17.3. The molecule has 160 valence electrons. The standard InChI is InChI=1S/C23H28IN3O2S/c1-18-2-4-20(5-3-18)23-8-10-25(11-9-23)17-19-16-21(6-7-22(19)23)26-12-14-27(15-13-26)30(24,28)29/h2-7,16H,8-15,17H2,1H3. The number of piperazine rings is 1. The Morgan fingerprint density at radius 2 is 1.57 bits per heavy atom. The Labute approximate surface area is 191 Å². The van der Waals surface area contributed by atoms with Gasteiger partial charge >= 0.3 is 0 Å². The van der Waals surface area contributed by atoms with Gasteiger partial charge in [0.25, 0.3) is 7.19 Å². The average molecular weight is 537 g/mol. The van der Waals surface area contributed by atoms with Crippen LogP contribution in [-0.4, -0.2) is 56.9 Å². The summed E-state index contributed by atoms with van der Waals surface area (Å²) >= 11 is 1.54. The minimum absolute atomic E-state index is 0.114. The fourth-order valence-corrected chi connectivity index (χ4v) is 7.24. The molecule has 2 bridgehead atoms. The second-order valence-electron chi connectivity index (χ2n) is 8.89. The van der Waals surface area contributed by atoms with E-state index in [2.05, 4.69) is 59.2 Å². The molecule has 7 heteroatoms. The summed E-state index contributed by atoms with van der Waals surface area (Å²) in [6.45, 7) is 8.05. The summed E-state index contributed by atoms with van der Waals surface area (Å²) in [6.07, 6.45) is 2.35. The van der Waals surface area contributed by atoms with E-state index in [1.807, 2.05) is 0 Å². The first-order chi connectivity index (χ1) is 14.3. The molecule has 30 heavy (non-hydrogen) atoms. The summed E-state index contributed by atoms with van der Waals surface area (Å²) in [4.78, 5) is 4.92. The molecule has 6 rings (SSSR count). The van der Waals surface area contributed by atoms with Crippen LogP contribution in [0.15, 0.2) is 42.5 Å². The van der Waals surface area contributed by atoms with Crippen molar-refractivity contribution >= 4 is 34.1 Å². The second-order valence-corrected chi connectivity index (χ2v) is 13.6. The van der Waals surface area contributed by atoms with Crippen LogP contribution in [0.4, 0.5) is 5.69 Å². The molecule has 0 spiro atoms. The van der Waals surface area contributed by atoms with Crippen molar-refractivity contribution in [3.8, 4) is 0 Å². The molecule has 0 aliphatic carbocycles. The van der Waals surface area contributed by atoms with E-state index in [1.54, 1.807) is 25.5 Å². The minimum Gasteiger partial charge on any atom is -0.369 e. The van der Waals surface area contributed by atoms with Crippen LogP contribution >= 0.6 is 21.2 Å². The number of piperidine rings is 1. The molecule has 0 saturated carbocycles. The first kappa shape index (κ1) is 20.7. The summed E-state index contributed by atoms with van der Waals surface area (Å²) in [6, 6.07) is 16.1. The van der Waals surface area contributed by atoms with Crippen molar-refractivity contribution in [3.05, 3.63) is 64.7 Å². The van der Waals surface area contributed by atoms with Crippen molar-refractivity contribution in [1.29, 1.82) is 0 Å². The maximum absolute atomic E-state index is 11.8. The highest BCUT2D eigenvalue weighted by Gasteiger charge is 2.42. The molecule has 0 atom stereocenters. The Morgan fingerprint density at radius 1 is 0.900 bits per heavy atom. The molecule has 2 saturated heterocycles. The molecule has 4 heterocycles. The van der Waals surface area contributed by atoms with Crippen LogP contribution in [0.25, 0.3) is 0 Å². The van der Waals surface area contributed by atoms with E-state index in [1.165, 1.54) is 40.8 Å². The van der Waals surface area contributed by atoms with Crippen LogP contribution < -0.4 is 4.90 Å². The number of anilines is 1. The molecule has 4 aliphatic heterocycles. The van der Waals surface area contributed by atoms with Crippen LogP contribution in [0.2, 0.25) is 0 Å². The first-order valence-corrected chi connectivity index (χ1v) is 14.7. The van der Waals surface area contributed by atoms with Crippen molar-refractivity contribution in [2.45, 2.75) is 31.7 Å². The Morgan fingerprint density at radius 3 is 2.20 bits per heavy atom. The highest BCUT2D eigenvalue weighted by atomic mass is 127. The first-order valence-electron chi connectivity index (χ1n) is 10.7. The van der Waals surface area contributed by atoms with Gasteiger partial charge in [-0.25, -0.2) is 8.42 Å². The van der Waals surface area contributed by atoms with Crippen LogP contribution in [0.3, 0.4) is 0 Å². The van der Waals surface area contributed by atoms with E-state index in [-0.39, 0.29) is 5.41 Å². The van der Waals surface area contributed by atoms with Gasteiger partial charge in [0.2, 0.25) is 0 Å². The van der Waals surface area contributed by atoms with Crippen molar-refractivity contribution in [1.82, 2.24) is 9.21 Å². The lowest BCUT2D eigenvalue weighted by Gasteiger charge is -2.40. The molecule has 0 amide bonds. The minimum atomic E-state index is -3.13. The predicted octanol–water partition coefficient (Wildman–Crippen LogP) is 3.69. The number of nitrogens with zero attached hydrogens (tertiary/aromatic N) is 3. The largest absolute Gasteiger partial charge is 0.369 e. The van der Waals surface area contributed by atoms with Gasteiger partial charge in [-0.05, 0) is 61.7 Å². The smallest absolute Gasteiger partial charge is 0.267 e. The molecule has 0 aromatic heterocycles. The number of rotatable bonds is 3. The molecule has 0 N–H and O–H groups in total. The van der Waals surface area contributed by atoms with Gasteiger partial charge in [0.1, 0.15) is 0 Å². The van der Waals surface area contributed by atoms with E-state index in [0.29, 0.717) is 13.1 Å². The monoisotopic (exact) mass is 537 g/mol. The third-order valence-electron chi connectivity index (χ3n) is 7.22. The lowest BCUT2D eigenvalue weighted by atomic mass is 9.68. The van der Waals surface area contributed by atoms with Crippen molar-refractivity contribution < 1.29 is 8.42 Å². The molecular weight excluding hydrogens is 509 g/mol.